The molecule has 1 aromatic carbocycles. The fourth-order valence-electron chi connectivity index (χ4n) is 9.17. The van der Waals surface area contributed by atoms with Crippen LogP contribution in [0.2, 0.25) is 0 Å². The summed E-state index contributed by atoms with van der Waals surface area (Å²) in [7, 11) is 0. The molecule has 3 saturated carbocycles. The number of ketones is 1. The highest BCUT2D eigenvalue weighted by Crippen LogP contribution is 2.67. The smallest absolute Gasteiger partial charge is 0.251 e. The molecule has 0 bridgehead atoms. The average molecular weight is 513 g/mol. The number of carbonyl (C=O) groups excluding carboxylic acids is 1. The van der Waals surface area contributed by atoms with Crippen LogP contribution < -0.4 is 9.47 Å². The zero-order valence-corrected chi connectivity index (χ0v) is 22.9. The van der Waals surface area contributed by atoms with E-state index in [0.717, 1.165) is 75.7 Å². The fraction of sp³-hybridized carbons (Fsp3) is 0.618. The summed E-state index contributed by atoms with van der Waals surface area (Å²) >= 11 is 0. The summed E-state index contributed by atoms with van der Waals surface area (Å²) in [5.74, 6) is 8.85. The van der Waals surface area contributed by atoms with E-state index in [1.807, 2.05) is 13.0 Å². The van der Waals surface area contributed by atoms with Gasteiger partial charge in [-0.15, -0.1) is 5.92 Å². The Morgan fingerprint density at radius 3 is 2.55 bits per heavy atom. The standard InChI is InChI=1S/C34H40O4/c1-3-15-33(36)18-14-28-26-11-8-22-19-24(35)10-12-25(22)31(26)27(21-32(28,33)2)23-9-13-29-30(20-23)38-34(37-29)16-6-4-5-7-17-34/h9,13,19-20,26-28,36H,4-8,10-12,14,16-18,21H2,1-2H3/t26-,27+,28-,32-,33-/m0/s1. The molecule has 7 rings (SSSR count). The maximum Gasteiger partial charge on any atom is 0.251 e. The molecule has 0 radical (unpaired) electrons. The molecule has 1 aromatic rings. The minimum atomic E-state index is -0.958. The second-order valence-corrected chi connectivity index (χ2v) is 13.0. The Bertz CT molecular complexity index is 1300. The summed E-state index contributed by atoms with van der Waals surface area (Å²) in [6.07, 6.45) is 14.7. The van der Waals surface area contributed by atoms with Crippen LogP contribution in [0.15, 0.2) is 41.0 Å². The zero-order chi connectivity index (χ0) is 26.1. The van der Waals surface area contributed by atoms with E-state index in [1.54, 1.807) is 0 Å². The molecule has 1 aliphatic heterocycles. The van der Waals surface area contributed by atoms with Crippen LogP contribution in [0.1, 0.15) is 109 Å². The van der Waals surface area contributed by atoms with Gasteiger partial charge in [-0.05, 0) is 105 Å². The molecular formula is C34H40O4. The van der Waals surface area contributed by atoms with Crippen molar-refractivity contribution in [3.05, 3.63) is 46.6 Å². The van der Waals surface area contributed by atoms with Crippen molar-refractivity contribution in [2.75, 3.05) is 0 Å². The molecule has 5 atom stereocenters. The van der Waals surface area contributed by atoms with E-state index in [9.17, 15) is 9.90 Å². The Morgan fingerprint density at radius 2 is 1.76 bits per heavy atom. The maximum atomic E-state index is 12.3. The van der Waals surface area contributed by atoms with Crippen LogP contribution in [0, 0.1) is 29.1 Å². The van der Waals surface area contributed by atoms with Gasteiger partial charge in [0.2, 0.25) is 0 Å². The summed E-state index contributed by atoms with van der Waals surface area (Å²) in [5, 5.41) is 11.9. The number of aliphatic hydroxyl groups is 1. The van der Waals surface area contributed by atoms with Gasteiger partial charge in [-0.3, -0.25) is 4.79 Å². The van der Waals surface area contributed by atoms with Crippen LogP contribution >= 0.6 is 0 Å². The molecule has 4 nitrogen and oxygen atoms in total. The van der Waals surface area contributed by atoms with Gasteiger partial charge >= 0.3 is 0 Å². The van der Waals surface area contributed by atoms with Crippen molar-refractivity contribution in [2.24, 2.45) is 17.3 Å². The molecule has 6 aliphatic rings. The van der Waals surface area contributed by atoms with Crippen molar-refractivity contribution in [3.8, 4) is 23.3 Å². The normalized spacial score (nSPS) is 37.0. The summed E-state index contributed by atoms with van der Waals surface area (Å²) in [6.45, 7) is 4.15. The second-order valence-electron chi connectivity index (χ2n) is 13.0. The van der Waals surface area contributed by atoms with Gasteiger partial charge in [0.25, 0.3) is 5.79 Å². The van der Waals surface area contributed by atoms with Gasteiger partial charge in [0, 0.05) is 30.6 Å². The van der Waals surface area contributed by atoms with Crippen molar-refractivity contribution < 1.29 is 19.4 Å². The first-order valence-electron chi connectivity index (χ1n) is 15.0. The first-order valence-corrected chi connectivity index (χ1v) is 15.0. The molecule has 0 amide bonds. The zero-order valence-electron chi connectivity index (χ0n) is 22.9. The van der Waals surface area contributed by atoms with Crippen LogP contribution in [0.25, 0.3) is 0 Å². The Morgan fingerprint density at radius 1 is 0.974 bits per heavy atom. The Labute approximate surface area is 226 Å². The van der Waals surface area contributed by atoms with Crippen LogP contribution in [0.5, 0.6) is 11.5 Å². The number of hydrogen-bond donors (Lipinski definition) is 1. The highest BCUT2D eigenvalue weighted by atomic mass is 16.7. The number of ether oxygens (including phenoxy) is 2. The third-order valence-corrected chi connectivity index (χ3v) is 11.0. The number of benzene rings is 1. The van der Waals surface area contributed by atoms with Crippen LogP contribution in [-0.4, -0.2) is 22.3 Å². The molecule has 0 saturated heterocycles. The van der Waals surface area contributed by atoms with E-state index in [4.69, 9.17) is 9.47 Å². The van der Waals surface area contributed by atoms with E-state index in [1.165, 1.54) is 35.1 Å². The minimum Gasteiger partial charge on any atom is -0.448 e. The molecular weight excluding hydrogens is 472 g/mol. The predicted molar refractivity (Wildman–Crippen MR) is 147 cm³/mol. The van der Waals surface area contributed by atoms with E-state index in [0.29, 0.717) is 18.3 Å². The quantitative estimate of drug-likeness (QED) is 0.406. The van der Waals surface area contributed by atoms with E-state index >= 15 is 0 Å². The molecule has 1 spiro atoms. The SMILES string of the molecule is CC#C[C@]1(O)CC[C@H]2[C@@H]3CCC4=CC(=O)CCC4=C3[C@@H](c3ccc4c(c3)OC3(CCCCCC3)O4)C[C@@]21C. The van der Waals surface area contributed by atoms with Crippen molar-refractivity contribution in [2.45, 2.75) is 115 Å². The third kappa shape index (κ3) is 3.57. The molecule has 4 heteroatoms. The lowest BCUT2D eigenvalue weighted by Crippen LogP contribution is -2.51. The third-order valence-electron chi connectivity index (χ3n) is 11.0. The summed E-state index contributed by atoms with van der Waals surface area (Å²) < 4.78 is 13.1. The fourth-order valence-corrected chi connectivity index (χ4v) is 9.17. The van der Waals surface area contributed by atoms with Crippen molar-refractivity contribution in [1.29, 1.82) is 0 Å². The molecule has 0 aromatic heterocycles. The van der Waals surface area contributed by atoms with E-state index in [-0.39, 0.29) is 17.1 Å². The lowest BCUT2D eigenvalue weighted by Gasteiger charge is -2.53. The highest BCUT2D eigenvalue weighted by molar-refractivity contribution is 5.93. The van der Waals surface area contributed by atoms with Crippen LogP contribution in [-0.2, 0) is 4.79 Å². The van der Waals surface area contributed by atoms with E-state index in [2.05, 4.69) is 37.0 Å². The van der Waals surface area contributed by atoms with Crippen molar-refractivity contribution in [1.82, 2.24) is 0 Å². The number of fused-ring (bicyclic) bond motifs is 5. The number of carbonyl (C=O) groups is 1. The number of rotatable bonds is 1. The molecule has 5 aliphatic carbocycles. The highest BCUT2D eigenvalue weighted by Gasteiger charge is 2.62. The maximum absolute atomic E-state index is 12.3. The molecule has 0 unspecified atom stereocenters. The van der Waals surface area contributed by atoms with Gasteiger partial charge in [0.05, 0.1) is 0 Å². The first kappa shape index (κ1) is 24.5. The van der Waals surface area contributed by atoms with Crippen LogP contribution in [0.3, 0.4) is 0 Å². The topological polar surface area (TPSA) is 55.8 Å². The van der Waals surface area contributed by atoms with E-state index < -0.39 is 11.4 Å². The Balaban J connectivity index is 1.33. The Kier molecular flexibility index (Phi) is 5.65. The largest absolute Gasteiger partial charge is 0.448 e. The number of allylic oxidation sites excluding steroid dienone is 4. The molecule has 3 fully saturated rings. The monoisotopic (exact) mass is 512 g/mol. The molecule has 1 N–H and O–H groups in total. The van der Waals surface area contributed by atoms with Crippen molar-refractivity contribution >= 4 is 5.78 Å². The minimum absolute atomic E-state index is 0.177. The molecule has 200 valence electrons. The molecule has 38 heavy (non-hydrogen) atoms. The lowest BCUT2D eigenvalue weighted by molar-refractivity contribution is -0.114. The van der Waals surface area contributed by atoms with Gasteiger partial charge in [-0.1, -0.05) is 37.3 Å². The summed E-state index contributed by atoms with van der Waals surface area (Å²) in [6, 6.07) is 6.59. The Hall–Kier alpha value is -2.51. The van der Waals surface area contributed by atoms with Gasteiger partial charge < -0.3 is 14.6 Å². The summed E-state index contributed by atoms with van der Waals surface area (Å²) in [5.41, 5.74) is 4.25. The first-order chi connectivity index (χ1) is 18.3. The number of hydrogen-bond acceptors (Lipinski definition) is 4. The molecule has 1 heterocycles. The van der Waals surface area contributed by atoms with Gasteiger partial charge in [-0.2, -0.15) is 0 Å². The summed E-state index contributed by atoms with van der Waals surface area (Å²) in [4.78, 5) is 12.3. The van der Waals surface area contributed by atoms with Gasteiger partial charge in [-0.25, -0.2) is 0 Å². The lowest BCUT2D eigenvalue weighted by atomic mass is 9.51. The average Bonchev–Trinajstić information content (AvgIpc) is 3.27. The van der Waals surface area contributed by atoms with Gasteiger partial charge in [0.1, 0.15) is 5.60 Å². The van der Waals surface area contributed by atoms with Crippen LogP contribution in [0.4, 0.5) is 0 Å². The van der Waals surface area contributed by atoms with Gasteiger partial charge in [0.15, 0.2) is 17.3 Å². The second kappa shape index (κ2) is 8.75. The van der Waals surface area contributed by atoms with Crippen molar-refractivity contribution in [3.63, 3.8) is 0 Å². The predicted octanol–water partition coefficient (Wildman–Crippen LogP) is 7.16.